The molecule has 2 atom stereocenters. The predicted octanol–water partition coefficient (Wildman–Crippen LogP) is 2.50. The predicted molar refractivity (Wildman–Crippen MR) is 73.3 cm³/mol. The molecule has 0 bridgehead atoms. The summed E-state index contributed by atoms with van der Waals surface area (Å²) in [6.07, 6.45) is 2.50. The molecule has 1 aliphatic carbocycles. The number of ether oxygens (including phenoxy) is 2. The van der Waals surface area contributed by atoms with Crippen LogP contribution >= 0.6 is 0 Å². The molecule has 19 heavy (non-hydrogen) atoms. The van der Waals surface area contributed by atoms with Crippen LogP contribution in [0.2, 0.25) is 0 Å². The summed E-state index contributed by atoms with van der Waals surface area (Å²) < 4.78 is 11.3. The van der Waals surface area contributed by atoms with Gasteiger partial charge >= 0.3 is 0 Å². The zero-order valence-electron chi connectivity index (χ0n) is 11.5. The van der Waals surface area contributed by atoms with Crippen LogP contribution in [0.3, 0.4) is 0 Å². The molecule has 1 aliphatic rings. The van der Waals surface area contributed by atoms with E-state index in [1.807, 2.05) is 31.2 Å². The van der Waals surface area contributed by atoms with Crippen molar-refractivity contribution in [3.05, 3.63) is 24.3 Å². The van der Waals surface area contributed by atoms with Crippen LogP contribution in [0.1, 0.15) is 26.2 Å². The van der Waals surface area contributed by atoms with E-state index in [4.69, 9.17) is 9.47 Å². The van der Waals surface area contributed by atoms with Crippen molar-refractivity contribution >= 4 is 0 Å². The highest BCUT2D eigenvalue weighted by atomic mass is 16.5. The maximum Gasteiger partial charge on any atom is 0.161 e. The fourth-order valence-corrected chi connectivity index (χ4v) is 2.64. The molecule has 0 aliphatic heterocycles. The van der Waals surface area contributed by atoms with Crippen molar-refractivity contribution in [1.29, 1.82) is 5.26 Å². The van der Waals surface area contributed by atoms with Gasteiger partial charge in [-0.3, -0.25) is 5.32 Å². The Morgan fingerprint density at radius 3 is 2.79 bits per heavy atom. The first kappa shape index (κ1) is 13.7. The maximum absolute atomic E-state index is 9.34. The molecule has 1 N–H and O–H groups in total. The molecular weight excluding hydrogens is 240 g/mol. The van der Waals surface area contributed by atoms with Gasteiger partial charge in [-0.2, -0.15) is 5.26 Å². The van der Waals surface area contributed by atoms with E-state index in [-0.39, 0.29) is 6.10 Å². The van der Waals surface area contributed by atoms with Gasteiger partial charge in [-0.1, -0.05) is 19.1 Å². The fourth-order valence-electron chi connectivity index (χ4n) is 2.64. The van der Waals surface area contributed by atoms with Crippen molar-refractivity contribution in [2.45, 2.75) is 37.8 Å². The van der Waals surface area contributed by atoms with Gasteiger partial charge in [-0.05, 0) is 31.5 Å². The number of hydrogen-bond donors (Lipinski definition) is 1. The third-order valence-electron chi connectivity index (χ3n) is 3.56. The Morgan fingerprint density at radius 1 is 1.42 bits per heavy atom. The van der Waals surface area contributed by atoms with Crippen LogP contribution in [0.15, 0.2) is 24.3 Å². The molecule has 1 fully saturated rings. The highest BCUT2D eigenvalue weighted by Crippen LogP contribution is 2.35. The molecule has 1 aromatic carbocycles. The summed E-state index contributed by atoms with van der Waals surface area (Å²) in [5, 5.41) is 12.6. The van der Waals surface area contributed by atoms with Crippen molar-refractivity contribution in [1.82, 2.24) is 5.32 Å². The molecule has 2 rings (SSSR count). The fraction of sp³-hybridized carbons (Fsp3) is 0.533. The minimum absolute atomic E-state index is 0.0648. The molecule has 4 heteroatoms. The van der Waals surface area contributed by atoms with Crippen LogP contribution in [-0.2, 0) is 0 Å². The Labute approximate surface area is 114 Å². The van der Waals surface area contributed by atoms with Gasteiger partial charge in [0.15, 0.2) is 11.5 Å². The van der Waals surface area contributed by atoms with Gasteiger partial charge in [0, 0.05) is 6.42 Å². The van der Waals surface area contributed by atoms with Gasteiger partial charge in [-0.15, -0.1) is 0 Å². The molecule has 2 unspecified atom stereocenters. The second-order valence-corrected chi connectivity index (χ2v) is 4.86. The van der Waals surface area contributed by atoms with Crippen LogP contribution in [0, 0.1) is 11.3 Å². The third-order valence-corrected chi connectivity index (χ3v) is 3.56. The first-order valence-electron chi connectivity index (χ1n) is 6.69. The molecule has 0 radical (unpaired) electrons. The average Bonchev–Trinajstić information content (AvgIpc) is 2.84. The summed E-state index contributed by atoms with van der Waals surface area (Å²) in [5.41, 5.74) is -0.429. The van der Waals surface area contributed by atoms with Gasteiger partial charge in [0.1, 0.15) is 11.6 Å². The first-order valence-corrected chi connectivity index (χ1v) is 6.69. The molecule has 1 saturated carbocycles. The molecule has 0 heterocycles. The summed E-state index contributed by atoms with van der Waals surface area (Å²) in [6, 6.07) is 10.0. The highest BCUT2D eigenvalue weighted by molar-refractivity contribution is 5.39. The lowest BCUT2D eigenvalue weighted by Crippen LogP contribution is -2.42. The minimum Gasteiger partial charge on any atom is -0.493 e. The lowest BCUT2D eigenvalue weighted by Gasteiger charge is -2.22. The summed E-state index contributed by atoms with van der Waals surface area (Å²) in [7, 11) is 1.63. The zero-order valence-corrected chi connectivity index (χ0v) is 11.5. The average molecular weight is 260 g/mol. The van der Waals surface area contributed by atoms with Crippen molar-refractivity contribution < 1.29 is 9.47 Å². The number of benzene rings is 1. The largest absolute Gasteiger partial charge is 0.493 e. The number of rotatable bonds is 5. The minimum atomic E-state index is -0.429. The highest BCUT2D eigenvalue weighted by Gasteiger charge is 2.40. The summed E-state index contributed by atoms with van der Waals surface area (Å²) in [4.78, 5) is 0. The molecular formula is C15H20N2O2. The van der Waals surface area contributed by atoms with Gasteiger partial charge in [0.2, 0.25) is 0 Å². The van der Waals surface area contributed by atoms with Gasteiger partial charge < -0.3 is 9.47 Å². The van der Waals surface area contributed by atoms with Crippen molar-refractivity contribution in [3.63, 3.8) is 0 Å². The van der Waals surface area contributed by atoms with Crippen LogP contribution in [0.4, 0.5) is 0 Å². The van der Waals surface area contributed by atoms with Crippen molar-refractivity contribution in [2.24, 2.45) is 0 Å². The van der Waals surface area contributed by atoms with E-state index >= 15 is 0 Å². The van der Waals surface area contributed by atoms with Crippen LogP contribution in [-0.4, -0.2) is 25.3 Å². The van der Waals surface area contributed by atoms with Gasteiger partial charge in [-0.25, -0.2) is 0 Å². The standard InChI is InChI=1S/C15H20N2O2/c1-3-17-15(11-16)9-8-12(10-15)19-14-7-5-4-6-13(14)18-2/h4-7,12,17H,3,8-10H2,1-2H3. The molecule has 0 saturated heterocycles. The molecule has 0 spiro atoms. The third kappa shape index (κ3) is 2.99. The number of nitriles is 1. The number of nitrogens with one attached hydrogen (secondary N) is 1. The van der Waals surface area contributed by atoms with E-state index in [1.165, 1.54) is 0 Å². The van der Waals surface area contributed by atoms with Crippen molar-refractivity contribution in [3.8, 4) is 17.6 Å². The maximum atomic E-state index is 9.34. The lowest BCUT2D eigenvalue weighted by atomic mass is 10.00. The molecule has 102 valence electrons. The van der Waals surface area contributed by atoms with Crippen LogP contribution < -0.4 is 14.8 Å². The Bertz CT molecular complexity index is 469. The zero-order chi connectivity index (χ0) is 13.7. The second kappa shape index (κ2) is 5.94. The van der Waals surface area contributed by atoms with Crippen LogP contribution in [0.25, 0.3) is 0 Å². The lowest BCUT2D eigenvalue weighted by molar-refractivity contribution is 0.193. The Morgan fingerprint density at radius 2 is 2.16 bits per heavy atom. The van der Waals surface area contributed by atoms with Crippen molar-refractivity contribution in [2.75, 3.05) is 13.7 Å². The quantitative estimate of drug-likeness (QED) is 0.883. The van der Waals surface area contributed by atoms with Crippen LogP contribution in [0.5, 0.6) is 11.5 Å². The van der Waals surface area contributed by atoms with E-state index in [1.54, 1.807) is 7.11 Å². The Kier molecular flexibility index (Phi) is 4.28. The topological polar surface area (TPSA) is 54.3 Å². The summed E-state index contributed by atoms with van der Waals surface area (Å²) >= 11 is 0. The van der Waals surface area contributed by atoms with E-state index in [2.05, 4.69) is 11.4 Å². The molecule has 1 aromatic rings. The smallest absolute Gasteiger partial charge is 0.161 e. The van der Waals surface area contributed by atoms with E-state index in [0.29, 0.717) is 0 Å². The molecule has 0 aromatic heterocycles. The molecule has 0 amide bonds. The second-order valence-electron chi connectivity index (χ2n) is 4.86. The first-order chi connectivity index (χ1) is 9.23. The van der Waals surface area contributed by atoms with E-state index < -0.39 is 5.54 Å². The number of nitrogens with zero attached hydrogens (tertiary/aromatic N) is 1. The number of hydrogen-bond acceptors (Lipinski definition) is 4. The summed E-state index contributed by atoms with van der Waals surface area (Å²) in [6.45, 7) is 2.82. The monoisotopic (exact) mass is 260 g/mol. The van der Waals surface area contributed by atoms with E-state index in [0.717, 1.165) is 37.3 Å². The Hall–Kier alpha value is -1.73. The SMILES string of the molecule is CCNC1(C#N)CCC(Oc2ccccc2OC)C1. The van der Waals surface area contributed by atoms with Gasteiger partial charge in [0.05, 0.1) is 13.2 Å². The van der Waals surface area contributed by atoms with E-state index in [9.17, 15) is 5.26 Å². The summed E-state index contributed by atoms with van der Waals surface area (Å²) in [5.74, 6) is 1.49. The van der Waals surface area contributed by atoms with Gasteiger partial charge in [0.25, 0.3) is 0 Å². The normalized spacial score (nSPS) is 25.8. The number of methoxy groups -OCH3 is 1. The number of para-hydroxylation sites is 2. The Balaban J connectivity index is 2.04. The molecule has 4 nitrogen and oxygen atoms in total.